The zero-order valence-electron chi connectivity index (χ0n) is 19.4. The van der Waals surface area contributed by atoms with Gasteiger partial charge in [-0.25, -0.2) is 4.79 Å². The summed E-state index contributed by atoms with van der Waals surface area (Å²) in [7, 11) is 3.11. The van der Waals surface area contributed by atoms with Gasteiger partial charge in [-0.2, -0.15) is 0 Å². The average molecular weight is 501 g/mol. The maximum atomic E-state index is 13.7. The van der Waals surface area contributed by atoms with Gasteiger partial charge in [0.1, 0.15) is 0 Å². The lowest BCUT2D eigenvalue weighted by atomic mass is 9.99. The van der Waals surface area contributed by atoms with Gasteiger partial charge in [0, 0.05) is 19.1 Å². The fourth-order valence-electron chi connectivity index (χ4n) is 5.07. The maximum Gasteiger partial charge on any atom is 0.331 e. The molecule has 3 heterocycles. The molecule has 0 amide bonds. The van der Waals surface area contributed by atoms with Crippen LogP contribution in [0.3, 0.4) is 0 Å². The van der Waals surface area contributed by atoms with E-state index >= 15 is 0 Å². The zero-order valence-corrected chi connectivity index (χ0v) is 20.1. The van der Waals surface area contributed by atoms with Crippen molar-refractivity contribution in [1.29, 1.82) is 0 Å². The largest absolute Gasteiger partial charge is 0.504 e. The number of para-hydroxylation sites is 2. The molecule has 1 aliphatic rings. The Morgan fingerprint density at radius 3 is 2.33 bits per heavy atom. The second kappa shape index (κ2) is 7.79. The van der Waals surface area contributed by atoms with E-state index < -0.39 is 17.3 Å². The topological polar surface area (TPSA) is 101 Å². The minimum absolute atomic E-state index is 0.238. The van der Waals surface area contributed by atoms with Gasteiger partial charge in [0.2, 0.25) is 0 Å². The molecule has 9 heteroatoms. The standard InChI is InChI=1S/C27H21ClN4O4/c1-30-24-21(26(35)31(2)27(30)36)23(14-7-10-16(28)11-8-14)32-18-6-4-3-5-17(18)29-22(25(24)32)15-9-12-19(33)20(34)13-15/h3-13,22,29,33-34H,1-2H3/t22-/m1/s1. The SMILES string of the molecule is Cn1c(=O)c2c(-c3ccc(Cl)cc3)n3c(c2n(C)c1=O)[C@@H](c1ccc(O)c(O)c1)Nc1ccccc1-3. The number of aromatic hydroxyl groups is 2. The van der Waals surface area contributed by atoms with E-state index in [1.165, 1.54) is 23.7 Å². The summed E-state index contributed by atoms with van der Waals surface area (Å²) in [6.45, 7) is 0. The molecule has 180 valence electrons. The molecular weight excluding hydrogens is 480 g/mol. The van der Waals surface area contributed by atoms with Gasteiger partial charge in [0.25, 0.3) is 5.56 Å². The summed E-state index contributed by atoms with van der Waals surface area (Å²) in [5, 5.41) is 24.6. The van der Waals surface area contributed by atoms with Crippen molar-refractivity contribution < 1.29 is 10.2 Å². The highest BCUT2D eigenvalue weighted by molar-refractivity contribution is 6.30. The number of phenols is 2. The molecule has 1 atom stereocenters. The van der Waals surface area contributed by atoms with Crippen molar-refractivity contribution in [3.05, 3.63) is 104 Å². The van der Waals surface area contributed by atoms with Crippen molar-refractivity contribution >= 4 is 28.2 Å². The minimum Gasteiger partial charge on any atom is -0.504 e. The normalized spacial score (nSPS) is 14.4. The first kappa shape index (κ1) is 22.1. The smallest absolute Gasteiger partial charge is 0.331 e. The Bertz CT molecular complexity index is 1820. The van der Waals surface area contributed by atoms with Gasteiger partial charge in [0.05, 0.1) is 39.7 Å². The molecule has 0 fully saturated rings. The van der Waals surface area contributed by atoms with E-state index in [9.17, 15) is 19.8 Å². The van der Waals surface area contributed by atoms with E-state index in [-0.39, 0.29) is 11.5 Å². The van der Waals surface area contributed by atoms with Crippen LogP contribution in [0.1, 0.15) is 17.3 Å². The molecule has 6 rings (SSSR count). The quantitative estimate of drug-likeness (QED) is 0.314. The Balaban J connectivity index is 1.85. The first-order chi connectivity index (χ1) is 17.3. The molecule has 0 bridgehead atoms. The lowest BCUT2D eigenvalue weighted by Crippen LogP contribution is -2.37. The molecule has 0 unspecified atom stereocenters. The van der Waals surface area contributed by atoms with Gasteiger partial charge in [-0.15, -0.1) is 0 Å². The van der Waals surface area contributed by atoms with Gasteiger partial charge in [0.15, 0.2) is 11.5 Å². The number of rotatable bonds is 2. The molecule has 3 aromatic carbocycles. The van der Waals surface area contributed by atoms with Crippen LogP contribution in [0, 0.1) is 0 Å². The van der Waals surface area contributed by atoms with E-state index in [4.69, 9.17) is 11.6 Å². The Morgan fingerprint density at radius 1 is 0.889 bits per heavy atom. The molecule has 2 aromatic heterocycles. The zero-order chi connectivity index (χ0) is 25.3. The Kier molecular flexibility index (Phi) is 4.77. The lowest BCUT2D eigenvalue weighted by molar-refractivity contribution is 0.403. The highest BCUT2D eigenvalue weighted by atomic mass is 35.5. The van der Waals surface area contributed by atoms with Gasteiger partial charge >= 0.3 is 5.69 Å². The monoisotopic (exact) mass is 500 g/mol. The summed E-state index contributed by atoms with van der Waals surface area (Å²) >= 11 is 6.18. The highest BCUT2D eigenvalue weighted by Crippen LogP contribution is 2.46. The van der Waals surface area contributed by atoms with Crippen LogP contribution in [0.25, 0.3) is 27.8 Å². The number of hydrogen-bond acceptors (Lipinski definition) is 5. The highest BCUT2D eigenvalue weighted by Gasteiger charge is 2.35. The van der Waals surface area contributed by atoms with Crippen LogP contribution < -0.4 is 16.6 Å². The summed E-state index contributed by atoms with van der Waals surface area (Å²) in [5.41, 5.74) is 3.94. The maximum absolute atomic E-state index is 13.7. The number of hydrogen-bond donors (Lipinski definition) is 3. The second-order valence-electron chi connectivity index (χ2n) is 8.85. The minimum atomic E-state index is -0.548. The molecule has 0 spiro atoms. The number of aryl methyl sites for hydroxylation is 1. The molecular formula is C27H21ClN4O4. The fraction of sp³-hybridized carbons (Fsp3) is 0.111. The number of fused-ring (bicyclic) bond motifs is 5. The van der Waals surface area contributed by atoms with Crippen LogP contribution in [-0.4, -0.2) is 23.9 Å². The predicted molar refractivity (Wildman–Crippen MR) is 139 cm³/mol. The van der Waals surface area contributed by atoms with Gasteiger partial charge < -0.3 is 20.1 Å². The van der Waals surface area contributed by atoms with Crippen molar-refractivity contribution in [2.24, 2.45) is 14.1 Å². The van der Waals surface area contributed by atoms with E-state index in [0.29, 0.717) is 32.9 Å². The van der Waals surface area contributed by atoms with Crippen LogP contribution in [-0.2, 0) is 14.1 Å². The molecule has 0 aliphatic carbocycles. The van der Waals surface area contributed by atoms with Gasteiger partial charge in [-0.1, -0.05) is 41.9 Å². The van der Waals surface area contributed by atoms with Crippen molar-refractivity contribution in [1.82, 2.24) is 13.7 Å². The Morgan fingerprint density at radius 2 is 1.61 bits per heavy atom. The van der Waals surface area contributed by atoms with E-state index in [1.807, 2.05) is 41.0 Å². The van der Waals surface area contributed by atoms with Gasteiger partial charge in [-0.05, 0) is 47.5 Å². The predicted octanol–water partition coefficient (Wildman–Crippen LogP) is 4.27. The Labute approximate surface area is 209 Å². The van der Waals surface area contributed by atoms with Crippen LogP contribution in [0.2, 0.25) is 5.02 Å². The third-order valence-corrected chi connectivity index (χ3v) is 7.03. The summed E-state index contributed by atoms with van der Waals surface area (Å²) < 4.78 is 4.58. The number of anilines is 1. The molecule has 1 aliphatic heterocycles. The molecule has 0 saturated carbocycles. The molecule has 36 heavy (non-hydrogen) atoms. The van der Waals surface area contributed by atoms with Crippen LogP contribution in [0.4, 0.5) is 5.69 Å². The molecule has 3 N–H and O–H groups in total. The van der Waals surface area contributed by atoms with Crippen molar-refractivity contribution in [3.8, 4) is 28.4 Å². The first-order valence-electron chi connectivity index (χ1n) is 11.3. The van der Waals surface area contributed by atoms with E-state index in [2.05, 4.69) is 5.32 Å². The van der Waals surface area contributed by atoms with Gasteiger partial charge in [-0.3, -0.25) is 13.9 Å². The number of phenolic OH excluding ortho intramolecular Hbond substituents is 2. The average Bonchev–Trinajstić information content (AvgIpc) is 3.24. The molecule has 5 aromatic rings. The number of halogens is 1. The Hall–Kier alpha value is -4.43. The fourth-order valence-corrected chi connectivity index (χ4v) is 5.19. The number of nitrogens with zero attached hydrogens (tertiary/aromatic N) is 3. The molecule has 0 saturated heterocycles. The van der Waals surface area contributed by atoms with Crippen molar-refractivity contribution in [3.63, 3.8) is 0 Å². The van der Waals surface area contributed by atoms with Crippen LogP contribution in [0.15, 0.2) is 76.3 Å². The number of aromatic nitrogens is 3. The third-order valence-electron chi connectivity index (χ3n) is 6.78. The van der Waals surface area contributed by atoms with Crippen LogP contribution >= 0.6 is 11.6 Å². The lowest BCUT2D eigenvalue weighted by Gasteiger charge is -2.31. The van der Waals surface area contributed by atoms with Crippen molar-refractivity contribution in [2.75, 3.05) is 5.32 Å². The van der Waals surface area contributed by atoms with Crippen molar-refractivity contribution in [2.45, 2.75) is 6.04 Å². The number of nitrogens with one attached hydrogen (secondary N) is 1. The third kappa shape index (κ3) is 3.01. The number of benzene rings is 3. The second-order valence-corrected chi connectivity index (χ2v) is 9.28. The molecule has 0 radical (unpaired) electrons. The van der Waals surface area contributed by atoms with E-state index in [1.54, 1.807) is 25.2 Å². The first-order valence-corrected chi connectivity index (χ1v) is 11.6. The summed E-state index contributed by atoms with van der Waals surface area (Å²) in [4.78, 5) is 26.7. The summed E-state index contributed by atoms with van der Waals surface area (Å²) in [6, 6.07) is 18.9. The van der Waals surface area contributed by atoms with E-state index in [0.717, 1.165) is 21.5 Å². The van der Waals surface area contributed by atoms with Crippen LogP contribution in [0.5, 0.6) is 11.5 Å². The summed E-state index contributed by atoms with van der Waals surface area (Å²) in [6.07, 6.45) is 0. The summed E-state index contributed by atoms with van der Waals surface area (Å²) in [5.74, 6) is -0.503. The molecule has 8 nitrogen and oxygen atoms in total.